The van der Waals surface area contributed by atoms with Crippen molar-refractivity contribution in [3.05, 3.63) is 41.2 Å². The molecular weight excluding hydrogens is 353 g/mol. The third-order valence-electron chi connectivity index (χ3n) is 7.34. The van der Waals surface area contributed by atoms with Crippen molar-refractivity contribution < 1.29 is 22.6 Å². The fourth-order valence-electron chi connectivity index (χ4n) is 6.13. The first-order valence-electron chi connectivity index (χ1n) is 10.2. The Hall–Kier alpha value is -1.33. The van der Waals surface area contributed by atoms with Crippen LogP contribution in [0, 0.1) is 41.1 Å². The number of allylic oxidation sites excluding steroid dienone is 2. The maximum Gasteiger partial charge on any atom is 0.194 e. The van der Waals surface area contributed by atoms with Gasteiger partial charge in [0, 0.05) is 12.8 Å². The van der Waals surface area contributed by atoms with Gasteiger partial charge >= 0.3 is 0 Å². The van der Waals surface area contributed by atoms with E-state index in [2.05, 4.69) is 6.08 Å². The number of halogens is 3. The second kappa shape index (κ2) is 6.63. The van der Waals surface area contributed by atoms with Crippen LogP contribution in [0.2, 0.25) is 0 Å². The average molecular weight is 378 g/mol. The van der Waals surface area contributed by atoms with Crippen LogP contribution >= 0.6 is 0 Å². The lowest BCUT2D eigenvalue weighted by molar-refractivity contribution is -0.203. The summed E-state index contributed by atoms with van der Waals surface area (Å²) in [5.41, 5.74) is 1.45. The lowest BCUT2D eigenvalue weighted by Crippen LogP contribution is -2.46. The van der Waals surface area contributed by atoms with Gasteiger partial charge in [0.25, 0.3) is 0 Å². The molecule has 1 saturated heterocycles. The highest BCUT2D eigenvalue weighted by molar-refractivity contribution is 5.67. The van der Waals surface area contributed by atoms with Crippen LogP contribution in [0.25, 0.3) is 5.57 Å². The highest BCUT2D eigenvalue weighted by Gasteiger charge is 2.50. The van der Waals surface area contributed by atoms with Gasteiger partial charge in [-0.25, -0.2) is 13.2 Å². The number of hydrogen-bond donors (Lipinski definition) is 0. The minimum Gasteiger partial charge on any atom is -0.348 e. The molecule has 3 fully saturated rings. The van der Waals surface area contributed by atoms with Crippen LogP contribution in [0.1, 0.15) is 50.5 Å². The maximum atomic E-state index is 13.6. The van der Waals surface area contributed by atoms with Gasteiger partial charge in [-0.2, -0.15) is 0 Å². The Morgan fingerprint density at radius 2 is 1.63 bits per heavy atom. The van der Waals surface area contributed by atoms with Gasteiger partial charge in [-0.05, 0) is 79.0 Å². The summed E-state index contributed by atoms with van der Waals surface area (Å²) in [6.45, 7) is 1.42. The fraction of sp³-hybridized carbons (Fsp3) is 0.636. The van der Waals surface area contributed by atoms with Gasteiger partial charge in [-0.15, -0.1) is 0 Å². The fourth-order valence-corrected chi connectivity index (χ4v) is 6.13. The molecule has 0 radical (unpaired) electrons. The minimum absolute atomic E-state index is 0.327. The molecule has 27 heavy (non-hydrogen) atoms. The average Bonchev–Trinajstić information content (AvgIpc) is 3.12. The van der Waals surface area contributed by atoms with Crippen molar-refractivity contribution in [2.24, 2.45) is 23.7 Å². The summed E-state index contributed by atoms with van der Waals surface area (Å²) in [5, 5.41) is 0. The molecule has 0 aromatic heterocycles. The van der Waals surface area contributed by atoms with Crippen molar-refractivity contribution in [3.8, 4) is 0 Å². The zero-order chi connectivity index (χ0) is 18.6. The second-order valence-electron chi connectivity index (χ2n) is 8.66. The number of fused-ring (bicyclic) bond motifs is 3. The zero-order valence-electron chi connectivity index (χ0n) is 15.4. The summed E-state index contributed by atoms with van der Waals surface area (Å²) in [4.78, 5) is 0. The largest absolute Gasteiger partial charge is 0.348 e. The Morgan fingerprint density at radius 3 is 2.37 bits per heavy atom. The van der Waals surface area contributed by atoms with Crippen LogP contribution in [0.3, 0.4) is 0 Å². The molecule has 3 aliphatic carbocycles. The summed E-state index contributed by atoms with van der Waals surface area (Å²) in [6.07, 6.45) is 9.40. The molecule has 2 nitrogen and oxygen atoms in total. The van der Waals surface area contributed by atoms with Crippen molar-refractivity contribution in [2.45, 2.75) is 50.7 Å². The molecule has 1 spiro atoms. The third kappa shape index (κ3) is 3.03. The zero-order valence-corrected chi connectivity index (χ0v) is 15.4. The first-order valence-corrected chi connectivity index (χ1v) is 10.2. The van der Waals surface area contributed by atoms with Crippen LogP contribution in [0.5, 0.6) is 0 Å². The van der Waals surface area contributed by atoms with Gasteiger partial charge in [-0.3, -0.25) is 0 Å². The van der Waals surface area contributed by atoms with Crippen molar-refractivity contribution in [2.75, 3.05) is 13.2 Å². The Labute approximate surface area is 157 Å². The molecule has 5 heteroatoms. The van der Waals surface area contributed by atoms with Crippen LogP contribution < -0.4 is 0 Å². The molecule has 5 rings (SSSR count). The predicted molar refractivity (Wildman–Crippen MR) is 95.2 cm³/mol. The van der Waals surface area contributed by atoms with Crippen molar-refractivity contribution in [3.63, 3.8) is 0 Å². The molecule has 4 atom stereocenters. The summed E-state index contributed by atoms with van der Waals surface area (Å²) in [6, 6.07) is 2.27. The Kier molecular flexibility index (Phi) is 4.36. The number of benzene rings is 1. The van der Waals surface area contributed by atoms with Crippen molar-refractivity contribution in [1.29, 1.82) is 0 Å². The molecule has 146 valence electrons. The first kappa shape index (κ1) is 17.7. The lowest BCUT2D eigenvalue weighted by atomic mass is 9.57. The van der Waals surface area contributed by atoms with Gasteiger partial charge in [0.1, 0.15) is 0 Å². The predicted octanol–water partition coefficient (Wildman–Crippen LogP) is 5.47. The molecule has 0 bridgehead atoms. The summed E-state index contributed by atoms with van der Waals surface area (Å²) in [7, 11) is 0. The van der Waals surface area contributed by atoms with Gasteiger partial charge in [0.05, 0.1) is 13.2 Å². The van der Waals surface area contributed by atoms with E-state index in [-0.39, 0.29) is 5.79 Å². The number of hydrogen-bond acceptors (Lipinski definition) is 2. The van der Waals surface area contributed by atoms with Crippen LogP contribution in [0.4, 0.5) is 13.2 Å². The van der Waals surface area contributed by atoms with Crippen molar-refractivity contribution >= 4 is 5.57 Å². The Morgan fingerprint density at radius 1 is 0.889 bits per heavy atom. The van der Waals surface area contributed by atoms with Crippen LogP contribution in [0.15, 0.2) is 18.2 Å². The van der Waals surface area contributed by atoms with Gasteiger partial charge in [-0.1, -0.05) is 6.08 Å². The van der Waals surface area contributed by atoms with E-state index >= 15 is 0 Å². The smallest absolute Gasteiger partial charge is 0.194 e. The quantitative estimate of drug-likeness (QED) is 0.604. The van der Waals surface area contributed by atoms with E-state index < -0.39 is 17.5 Å². The number of rotatable bonds is 1. The summed E-state index contributed by atoms with van der Waals surface area (Å²) in [5.74, 6) is -1.52. The van der Waals surface area contributed by atoms with E-state index in [4.69, 9.17) is 9.47 Å². The molecule has 0 N–H and O–H groups in total. The Bertz CT molecular complexity index is 746. The third-order valence-corrected chi connectivity index (χ3v) is 7.34. The maximum absolute atomic E-state index is 13.6. The van der Waals surface area contributed by atoms with E-state index in [1.165, 1.54) is 0 Å². The molecule has 1 heterocycles. The SMILES string of the molecule is Fc1cc(C2=CC3CCC4CC5(CCC4C3CC2)OCCO5)cc(F)c1F. The van der Waals surface area contributed by atoms with Crippen molar-refractivity contribution in [1.82, 2.24) is 0 Å². The molecule has 4 unspecified atom stereocenters. The monoisotopic (exact) mass is 378 g/mol. The second-order valence-corrected chi connectivity index (χ2v) is 8.66. The van der Waals surface area contributed by atoms with E-state index in [9.17, 15) is 13.2 Å². The van der Waals surface area contributed by atoms with Gasteiger partial charge < -0.3 is 9.47 Å². The standard InChI is InChI=1S/C22H25F3O2/c23-19-10-16(11-20(24)21(19)25)13-3-4-17-14(9-13)1-2-15-12-22(6-5-18(15)17)26-7-8-27-22/h9-11,14-15,17-18H,1-8,12H2. The Balaban J connectivity index is 1.35. The first-order chi connectivity index (χ1) is 13.0. The highest BCUT2D eigenvalue weighted by Crippen LogP contribution is 2.54. The molecule has 1 aliphatic heterocycles. The topological polar surface area (TPSA) is 18.5 Å². The van der Waals surface area contributed by atoms with Crippen LogP contribution in [-0.4, -0.2) is 19.0 Å². The molecular formula is C22H25F3O2. The molecule has 1 aromatic carbocycles. The van der Waals surface area contributed by atoms with E-state index in [1.807, 2.05) is 0 Å². The molecule has 0 amide bonds. The normalized spacial score (nSPS) is 34.9. The van der Waals surface area contributed by atoms with E-state index in [0.29, 0.717) is 42.4 Å². The van der Waals surface area contributed by atoms with Gasteiger partial charge in [0.2, 0.25) is 0 Å². The molecule has 2 saturated carbocycles. The van der Waals surface area contributed by atoms with E-state index in [0.717, 1.165) is 62.7 Å². The van der Waals surface area contributed by atoms with Gasteiger partial charge in [0.15, 0.2) is 23.2 Å². The van der Waals surface area contributed by atoms with E-state index in [1.54, 1.807) is 0 Å². The summed E-state index contributed by atoms with van der Waals surface area (Å²) >= 11 is 0. The van der Waals surface area contributed by atoms with Crippen LogP contribution in [-0.2, 0) is 9.47 Å². The lowest BCUT2D eigenvalue weighted by Gasteiger charge is -2.50. The summed E-state index contributed by atoms with van der Waals surface area (Å²) < 4.78 is 52.4. The minimum atomic E-state index is -1.39. The molecule has 4 aliphatic rings. The number of ether oxygens (including phenoxy) is 2. The highest BCUT2D eigenvalue weighted by atomic mass is 19.2. The molecule has 1 aromatic rings.